The minimum Gasteiger partial charge on any atom is -0.394 e. The molecular formula is C11H15BrN2O3. The fourth-order valence-electron chi connectivity index (χ4n) is 1.14. The summed E-state index contributed by atoms with van der Waals surface area (Å²) in [5, 5.41) is 13.8. The van der Waals surface area contributed by atoms with Crippen LogP contribution in [0, 0.1) is 0 Å². The number of nitrogens with one attached hydrogen (secondary N) is 2. The van der Waals surface area contributed by atoms with Crippen LogP contribution in [-0.4, -0.2) is 37.5 Å². The number of hydrogen-bond donors (Lipinski definition) is 3. The Morgan fingerprint density at radius 3 is 2.94 bits per heavy atom. The summed E-state index contributed by atoms with van der Waals surface area (Å²) in [6, 6.07) is 7.04. The summed E-state index contributed by atoms with van der Waals surface area (Å²) < 4.78 is 5.91. The number of urea groups is 1. The highest BCUT2D eigenvalue weighted by Gasteiger charge is 2.00. The van der Waals surface area contributed by atoms with E-state index in [1.165, 1.54) is 0 Å². The summed E-state index contributed by atoms with van der Waals surface area (Å²) in [5.74, 6) is 0. The molecule has 0 aromatic heterocycles. The second kappa shape index (κ2) is 8.05. The maximum Gasteiger partial charge on any atom is 0.319 e. The third-order valence-corrected chi connectivity index (χ3v) is 2.34. The Labute approximate surface area is 108 Å². The number of halogens is 1. The van der Waals surface area contributed by atoms with E-state index < -0.39 is 0 Å². The zero-order valence-electron chi connectivity index (χ0n) is 9.28. The van der Waals surface area contributed by atoms with E-state index >= 15 is 0 Å². The van der Waals surface area contributed by atoms with E-state index in [2.05, 4.69) is 26.6 Å². The average Bonchev–Trinajstić information content (AvgIpc) is 2.29. The maximum atomic E-state index is 11.4. The fourth-order valence-corrected chi connectivity index (χ4v) is 1.54. The minimum atomic E-state index is -0.282. The Balaban J connectivity index is 2.21. The monoisotopic (exact) mass is 302 g/mol. The number of benzene rings is 1. The number of ether oxygens (including phenoxy) is 1. The van der Waals surface area contributed by atoms with Crippen LogP contribution in [0.5, 0.6) is 0 Å². The van der Waals surface area contributed by atoms with E-state index in [9.17, 15) is 4.79 Å². The van der Waals surface area contributed by atoms with Crippen molar-refractivity contribution in [3.8, 4) is 0 Å². The van der Waals surface area contributed by atoms with Crippen LogP contribution in [0.2, 0.25) is 0 Å². The lowest BCUT2D eigenvalue weighted by molar-refractivity contribution is 0.0950. The van der Waals surface area contributed by atoms with Crippen LogP contribution in [0.1, 0.15) is 0 Å². The Kier molecular flexibility index (Phi) is 6.61. The van der Waals surface area contributed by atoms with Gasteiger partial charge in [0.2, 0.25) is 0 Å². The number of carbonyl (C=O) groups excluding carboxylic acids is 1. The van der Waals surface area contributed by atoms with Crippen LogP contribution >= 0.6 is 15.9 Å². The van der Waals surface area contributed by atoms with Gasteiger partial charge in [-0.05, 0) is 18.2 Å². The highest BCUT2D eigenvalue weighted by atomic mass is 79.9. The Bertz CT molecular complexity index is 360. The van der Waals surface area contributed by atoms with E-state index in [-0.39, 0.29) is 19.2 Å². The van der Waals surface area contributed by atoms with Gasteiger partial charge in [0.25, 0.3) is 0 Å². The van der Waals surface area contributed by atoms with Gasteiger partial charge in [0.1, 0.15) is 0 Å². The number of hydrogen-bond acceptors (Lipinski definition) is 3. The molecule has 2 amide bonds. The Morgan fingerprint density at radius 2 is 2.24 bits per heavy atom. The molecule has 0 aliphatic carbocycles. The number of aliphatic hydroxyl groups excluding tert-OH is 1. The summed E-state index contributed by atoms with van der Waals surface area (Å²) >= 11 is 3.32. The summed E-state index contributed by atoms with van der Waals surface area (Å²) in [6.07, 6.45) is 0. The fraction of sp³-hybridized carbons (Fsp3) is 0.364. The van der Waals surface area contributed by atoms with Gasteiger partial charge in [0.05, 0.1) is 19.8 Å². The van der Waals surface area contributed by atoms with Gasteiger partial charge in [-0.15, -0.1) is 0 Å². The standard InChI is InChI=1S/C11H15BrN2O3/c12-9-2-1-3-10(8-9)14-11(16)13-4-6-17-7-5-15/h1-3,8,15H,4-7H2,(H2,13,14,16). The largest absolute Gasteiger partial charge is 0.394 e. The van der Waals surface area contributed by atoms with Gasteiger partial charge < -0.3 is 20.5 Å². The molecule has 0 spiro atoms. The van der Waals surface area contributed by atoms with Crippen molar-refractivity contribution in [3.05, 3.63) is 28.7 Å². The molecule has 0 fully saturated rings. The van der Waals surface area contributed by atoms with E-state index in [0.717, 1.165) is 4.47 Å². The molecule has 3 N–H and O–H groups in total. The van der Waals surface area contributed by atoms with Crippen molar-refractivity contribution >= 4 is 27.6 Å². The molecule has 0 aliphatic rings. The molecule has 0 radical (unpaired) electrons. The van der Waals surface area contributed by atoms with Crippen molar-refractivity contribution in [1.29, 1.82) is 0 Å². The average molecular weight is 303 g/mol. The zero-order chi connectivity index (χ0) is 12.5. The third kappa shape index (κ3) is 6.25. The van der Waals surface area contributed by atoms with Gasteiger partial charge in [-0.25, -0.2) is 4.79 Å². The smallest absolute Gasteiger partial charge is 0.319 e. The minimum absolute atomic E-state index is 0.00968. The van der Waals surface area contributed by atoms with Gasteiger partial charge in [0.15, 0.2) is 0 Å². The lowest BCUT2D eigenvalue weighted by atomic mass is 10.3. The van der Waals surface area contributed by atoms with Crippen molar-refractivity contribution in [3.63, 3.8) is 0 Å². The molecule has 0 atom stereocenters. The Hall–Kier alpha value is -1.11. The van der Waals surface area contributed by atoms with E-state index in [1.807, 2.05) is 18.2 Å². The van der Waals surface area contributed by atoms with Crippen molar-refractivity contribution in [1.82, 2.24) is 5.32 Å². The van der Waals surface area contributed by atoms with Crippen LogP contribution in [-0.2, 0) is 4.74 Å². The van der Waals surface area contributed by atoms with Crippen LogP contribution in [0.4, 0.5) is 10.5 Å². The van der Waals surface area contributed by atoms with Crippen LogP contribution in [0.25, 0.3) is 0 Å². The van der Waals surface area contributed by atoms with Gasteiger partial charge in [0, 0.05) is 16.7 Å². The molecule has 0 bridgehead atoms. The molecule has 1 rings (SSSR count). The number of amides is 2. The molecule has 17 heavy (non-hydrogen) atoms. The van der Waals surface area contributed by atoms with Crippen molar-refractivity contribution in [2.75, 3.05) is 31.7 Å². The lowest BCUT2D eigenvalue weighted by Gasteiger charge is -2.07. The van der Waals surface area contributed by atoms with Crippen molar-refractivity contribution < 1.29 is 14.6 Å². The van der Waals surface area contributed by atoms with E-state index in [4.69, 9.17) is 9.84 Å². The quantitative estimate of drug-likeness (QED) is 0.699. The van der Waals surface area contributed by atoms with Crippen LogP contribution in [0.3, 0.4) is 0 Å². The summed E-state index contributed by atoms with van der Waals surface area (Å²) in [4.78, 5) is 11.4. The molecule has 0 aliphatic heterocycles. The first-order valence-corrected chi connectivity index (χ1v) is 6.00. The van der Waals surface area contributed by atoms with Crippen molar-refractivity contribution in [2.45, 2.75) is 0 Å². The predicted octanol–water partition coefficient (Wildman–Crippen LogP) is 1.58. The van der Waals surface area contributed by atoms with Gasteiger partial charge in [-0.3, -0.25) is 0 Å². The maximum absolute atomic E-state index is 11.4. The predicted molar refractivity (Wildman–Crippen MR) is 69.1 cm³/mol. The molecule has 6 heteroatoms. The summed E-state index contributed by atoms with van der Waals surface area (Å²) in [5.41, 5.74) is 0.716. The number of carbonyl (C=O) groups is 1. The first-order chi connectivity index (χ1) is 8.22. The molecule has 1 aromatic carbocycles. The van der Waals surface area contributed by atoms with Gasteiger partial charge in [-0.1, -0.05) is 22.0 Å². The first-order valence-electron chi connectivity index (χ1n) is 5.21. The summed E-state index contributed by atoms with van der Waals surface area (Å²) in [6.45, 7) is 1.06. The molecule has 0 unspecified atom stereocenters. The van der Waals surface area contributed by atoms with Gasteiger partial charge >= 0.3 is 6.03 Å². The SMILES string of the molecule is O=C(NCCOCCO)Nc1cccc(Br)c1. The highest BCUT2D eigenvalue weighted by molar-refractivity contribution is 9.10. The van der Waals surface area contributed by atoms with E-state index in [0.29, 0.717) is 18.8 Å². The molecule has 5 nitrogen and oxygen atoms in total. The Morgan fingerprint density at radius 1 is 1.41 bits per heavy atom. The first kappa shape index (κ1) is 14.0. The van der Waals surface area contributed by atoms with E-state index in [1.54, 1.807) is 6.07 Å². The van der Waals surface area contributed by atoms with Gasteiger partial charge in [-0.2, -0.15) is 0 Å². The van der Waals surface area contributed by atoms with Crippen LogP contribution in [0.15, 0.2) is 28.7 Å². The number of aliphatic hydroxyl groups is 1. The number of anilines is 1. The van der Waals surface area contributed by atoms with Crippen molar-refractivity contribution in [2.24, 2.45) is 0 Å². The second-order valence-corrected chi connectivity index (χ2v) is 4.14. The number of rotatable bonds is 6. The molecule has 0 saturated heterocycles. The molecule has 0 saturated carbocycles. The molecule has 94 valence electrons. The summed E-state index contributed by atoms with van der Waals surface area (Å²) in [7, 11) is 0. The van der Waals surface area contributed by atoms with Crippen LogP contribution < -0.4 is 10.6 Å². The topological polar surface area (TPSA) is 70.6 Å². The normalized spacial score (nSPS) is 10.0. The molecular weight excluding hydrogens is 288 g/mol. The second-order valence-electron chi connectivity index (χ2n) is 3.23. The zero-order valence-corrected chi connectivity index (χ0v) is 10.9. The molecule has 0 heterocycles. The third-order valence-electron chi connectivity index (χ3n) is 1.85. The molecule has 1 aromatic rings. The lowest BCUT2D eigenvalue weighted by Crippen LogP contribution is -2.31. The highest BCUT2D eigenvalue weighted by Crippen LogP contribution is 2.15.